The van der Waals surface area contributed by atoms with Gasteiger partial charge in [-0.25, -0.2) is 14.0 Å². The van der Waals surface area contributed by atoms with Gasteiger partial charge in [0.05, 0.1) is 0 Å². The first kappa shape index (κ1) is 26.8. The van der Waals surface area contributed by atoms with Crippen LogP contribution in [0, 0.1) is 11.7 Å². The summed E-state index contributed by atoms with van der Waals surface area (Å²) in [7, 11) is 1.36. The number of nitrogens with one attached hydrogen (secondary N) is 1. The summed E-state index contributed by atoms with van der Waals surface area (Å²) in [5.41, 5.74) is -0.786. The number of nitrogens with zero attached hydrogens (tertiary/aromatic N) is 5. The quantitative estimate of drug-likeness (QED) is 0.552. The number of likely N-dealkylation sites (tertiary alicyclic amines) is 1. The molecule has 3 atom stereocenters. The molecule has 2 aromatic rings. The van der Waals surface area contributed by atoms with Gasteiger partial charge in [0.2, 0.25) is 0 Å². The second-order valence-electron chi connectivity index (χ2n) is 10.9. The van der Waals surface area contributed by atoms with Crippen LogP contribution in [0.15, 0.2) is 33.9 Å². The van der Waals surface area contributed by atoms with E-state index in [9.17, 15) is 31.9 Å². The number of carbonyl (C=O) groups excluding carboxylic acids is 1. The van der Waals surface area contributed by atoms with Gasteiger partial charge in [-0.3, -0.25) is 18.8 Å². The molecule has 40 heavy (non-hydrogen) atoms. The van der Waals surface area contributed by atoms with E-state index in [1.807, 2.05) is 4.90 Å². The fourth-order valence-corrected chi connectivity index (χ4v) is 6.71. The highest BCUT2D eigenvalue weighted by Gasteiger charge is 2.54. The molecule has 3 aliphatic heterocycles. The SMILES string of the molecule is Cn1c2c(c(=O)n(C3CCCC3)c1=O)N(Cc1ccc(F)cc1)C(N1CCC3CNCC31)N2OC(=O)C(F)(F)F. The highest BCUT2D eigenvalue weighted by atomic mass is 19.4. The van der Waals surface area contributed by atoms with Gasteiger partial charge < -0.3 is 15.1 Å². The molecule has 2 saturated heterocycles. The number of aromatic nitrogens is 2. The summed E-state index contributed by atoms with van der Waals surface area (Å²) in [6.07, 6.45) is -2.75. The summed E-state index contributed by atoms with van der Waals surface area (Å²) in [4.78, 5) is 48.4. The third kappa shape index (κ3) is 4.37. The Balaban J connectivity index is 1.55. The van der Waals surface area contributed by atoms with E-state index in [0.29, 0.717) is 31.5 Å². The number of hydroxylamine groups is 1. The summed E-state index contributed by atoms with van der Waals surface area (Å²) in [5, 5.41) is 4.07. The van der Waals surface area contributed by atoms with E-state index in [4.69, 9.17) is 4.84 Å². The van der Waals surface area contributed by atoms with Crippen LogP contribution in [0.5, 0.6) is 0 Å². The molecule has 0 radical (unpaired) electrons. The van der Waals surface area contributed by atoms with E-state index in [0.717, 1.165) is 35.4 Å². The van der Waals surface area contributed by atoms with Crippen LogP contribution in [-0.4, -0.2) is 58.1 Å². The molecule has 1 N–H and O–H groups in total. The molecule has 4 heterocycles. The van der Waals surface area contributed by atoms with Crippen LogP contribution in [0.4, 0.5) is 29.1 Å². The molecule has 4 aliphatic rings. The van der Waals surface area contributed by atoms with Crippen molar-refractivity contribution >= 4 is 17.5 Å². The average Bonchev–Trinajstić information content (AvgIpc) is 3.69. The largest absolute Gasteiger partial charge is 0.493 e. The minimum absolute atomic E-state index is 0.00254. The van der Waals surface area contributed by atoms with Crippen molar-refractivity contribution in [2.24, 2.45) is 13.0 Å². The fraction of sp³-hybridized carbons (Fsp3) is 0.577. The standard InChI is InChI=1S/C26H30F4N6O4/c1-32-21-20(22(37)35(25(32)39)18-4-2-3-5-18)34(14-15-6-8-17(27)9-7-15)24(36(21)40-23(38)26(28,29)30)33-11-10-16-12-31-13-19(16)33/h6-9,16,18-19,24,31H,2-5,10-14H2,1H3. The number of hydrogen-bond donors (Lipinski definition) is 1. The lowest BCUT2D eigenvalue weighted by atomic mass is 10.1. The van der Waals surface area contributed by atoms with Gasteiger partial charge in [-0.05, 0) is 49.4 Å². The molecule has 0 amide bonds. The number of hydrogen-bond acceptors (Lipinski definition) is 8. The molecule has 0 spiro atoms. The van der Waals surface area contributed by atoms with Crippen LogP contribution in [-0.2, 0) is 23.2 Å². The minimum atomic E-state index is -5.31. The van der Waals surface area contributed by atoms with Gasteiger partial charge in [-0.2, -0.15) is 13.2 Å². The summed E-state index contributed by atoms with van der Waals surface area (Å²) in [5.74, 6) is -2.92. The third-order valence-electron chi connectivity index (χ3n) is 8.58. The average molecular weight is 567 g/mol. The molecule has 0 bridgehead atoms. The van der Waals surface area contributed by atoms with Gasteiger partial charge in [0, 0.05) is 38.8 Å². The Morgan fingerprint density at radius 2 is 1.77 bits per heavy atom. The maximum Gasteiger partial charge on any atom is 0.493 e. The summed E-state index contributed by atoms with van der Waals surface area (Å²) in [6, 6.07) is 5.12. The van der Waals surface area contributed by atoms with Crippen LogP contribution >= 0.6 is 0 Å². The van der Waals surface area contributed by atoms with Gasteiger partial charge in [-0.1, -0.05) is 25.0 Å². The molecule has 3 unspecified atom stereocenters. The molecule has 6 rings (SSSR count). The van der Waals surface area contributed by atoms with E-state index in [1.54, 1.807) is 4.90 Å². The smallest absolute Gasteiger partial charge is 0.327 e. The second-order valence-corrected chi connectivity index (χ2v) is 10.9. The Hall–Kier alpha value is -3.39. The molecular weight excluding hydrogens is 536 g/mol. The Morgan fingerprint density at radius 1 is 1.07 bits per heavy atom. The molecule has 14 heteroatoms. The zero-order valence-electron chi connectivity index (χ0n) is 21.9. The fourth-order valence-electron chi connectivity index (χ4n) is 6.71. The van der Waals surface area contributed by atoms with E-state index in [1.165, 1.54) is 35.9 Å². The molecule has 1 aromatic carbocycles. The van der Waals surface area contributed by atoms with Crippen molar-refractivity contribution in [1.29, 1.82) is 0 Å². The Bertz CT molecular complexity index is 1420. The molecule has 216 valence electrons. The van der Waals surface area contributed by atoms with Gasteiger partial charge in [0.25, 0.3) is 5.56 Å². The predicted octanol–water partition coefficient (Wildman–Crippen LogP) is 2.23. The van der Waals surface area contributed by atoms with E-state index < -0.39 is 35.5 Å². The third-order valence-corrected chi connectivity index (χ3v) is 8.58. The highest BCUT2D eigenvalue weighted by Crippen LogP contribution is 2.43. The molecule has 10 nitrogen and oxygen atoms in total. The lowest BCUT2D eigenvalue weighted by Gasteiger charge is -2.39. The summed E-state index contributed by atoms with van der Waals surface area (Å²) < 4.78 is 56.5. The number of halogens is 4. The predicted molar refractivity (Wildman–Crippen MR) is 136 cm³/mol. The normalized spacial score (nSPS) is 25.1. The molecular formula is C26H30F4N6O4. The lowest BCUT2D eigenvalue weighted by molar-refractivity contribution is -0.203. The lowest BCUT2D eigenvalue weighted by Crippen LogP contribution is -2.58. The maximum absolute atomic E-state index is 14.1. The van der Waals surface area contributed by atoms with Crippen molar-refractivity contribution < 1.29 is 27.2 Å². The zero-order chi connectivity index (χ0) is 28.3. The summed E-state index contributed by atoms with van der Waals surface area (Å²) >= 11 is 0. The number of fused-ring (bicyclic) bond motifs is 2. The van der Waals surface area contributed by atoms with Crippen LogP contribution in [0.25, 0.3) is 0 Å². The number of anilines is 2. The minimum Gasteiger partial charge on any atom is -0.327 e. The van der Waals surface area contributed by atoms with Crippen molar-refractivity contribution in [3.8, 4) is 0 Å². The van der Waals surface area contributed by atoms with Gasteiger partial charge in [0.1, 0.15) is 5.82 Å². The van der Waals surface area contributed by atoms with Crippen molar-refractivity contribution in [2.45, 2.75) is 63.2 Å². The van der Waals surface area contributed by atoms with Gasteiger partial charge in [0.15, 0.2) is 17.8 Å². The monoisotopic (exact) mass is 566 g/mol. The number of benzene rings is 1. The van der Waals surface area contributed by atoms with Crippen molar-refractivity contribution in [1.82, 2.24) is 19.4 Å². The van der Waals surface area contributed by atoms with Crippen molar-refractivity contribution in [3.63, 3.8) is 0 Å². The van der Waals surface area contributed by atoms with E-state index in [2.05, 4.69) is 5.32 Å². The Morgan fingerprint density at radius 3 is 2.45 bits per heavy atom. The first-order chi connectivity index (χ1) is 19.1. The topological polar surface area (TPSA) is 92.1 Å². The van der Waals surface area contributed by atoms with Crippen LogP contribution in [0.1, 0.15) is 43.7 Å². The Labute approximate surface area is 226 Å². The van der Waals surface area contributed by atoms with E-state index in [-0.39, 0.29) is 36.1 Å². The van der Waals surface area contributed by atoms with Crippen molar-refractivity contribution in [2.75, 3.05) is 29.6 Å². The molecule has 1 aliphatic carbocycles. The maximum atomic E-state index is 14.1. The number of rotatable bonds is 5. The zero-order valence-corrected chi connectivity index (χ0v) is 21.9. The van der Waals surface area contributed by atoms with Crippen molar-refractivity contribution in [3.05, 3.63) is 56.5 Å². The van der Waals surface area contributed by atoms with Gasteiger partial charge in [-0.15, -0.1) is 5.06 Å². The van der Waals surface area contributed by atoms with Crippen LogP contribution < -0.4 is 26.5 Å². The first-order valence-corrected chi connectivity index (χ1v) is 13.5. The highest BCUT2D eigenvalue weighted by molar-refractivity contribution is 5.80. The summed E-state index contributed by atoms with van der Waals surface area (Å²) in [6.45, 7) is 1.76. The van der Waals surface area contributed by atoms with Gasteiger partial charge >= 0.3 is 17.8 Å². The Kier molecular flexibility index (Phi) is 6.64. The molecule has 3 fully saturated rings. The van der Waals surface area contributed by atoms with Crippen LogP contribution in [0.3, 0.4) is 0 Å². The molecule has 1 saturated carbocycles. The second kappa shape index (κ2) is 9.91. The molecule has 1 aromatic heterocycles. The first-order valence-electron chi connectivity index (χ1n) is 13.5. The van der Waals surface area contributed by atoms with Crippen LogP contribution in [0.2, 0.25) is 0 Å². The number of alkyl halides is 3. The number of carbonyl (C=O) groups is 1. The van der Waals surface area contributed by atoms with E-state index >= 15 is 0 Å².